The summed E-state index contributed by atoms with van der Waals surface area (Å²) in [5.41, 5.74) is 1.89. The summed E-state index contributed by atoms with van der Waals surface area (Å²) in [4.78, 5) is -0.263. The van der Waals surface area contributed by atoms with Crippen LogP contribution in [-0.2, 0) is 21.9 Å². The number of hydrogen-bond donors (Lipinski definition) is 1. The summed E-state index contributed by atoms with van der Waals surface area (Å²) in [6.45, 7) is 0.109. The van der Waals surface area contributed by atoms with Gasteiger partial charge >= 0.3 is 0 Å². The van der Waals surface area contributed by atoms with Gasteiger partial charge in [-0.25, -0.2) is 17.5 Å². The smallest absolute Gasteiger partial charge is 0.207 e. The van der Waals surface area contributed by atoms with Crippen LogP contribution in [0.5, 0.6) is 0 Å². The Hall–Kier alpha value is -0.950. The molecule has 0 heterocycles. The van der Waals surface area contributed by atoms with Gasteiger partial charge in [-0.05, 0) is 29.3 Å². The van der Waals surface area contributed by atoms with Crippen LogP contribution in [0.25, 0.3) is 0 Å². The number of nitrogens with one attached hydrogen (secondary N) is 1. The van der Waals surface area contributed by atoms with Crippen molar-refractivity contribution in [3.05, 3.63) is 64.4 Å². The molecule has 0 bridgehead atoms. The molecule has 0 amide bonds. The Morgan fingerprint density at radius 3 is 2.33 bits per heavy atom. The lowest BCUT2D eigenvalue weighted by Gasteiger charge is -2.09. The number of benzene rings is 2. The molecule has 21 heavy (non-hydrogen) atoms. The van der Waals surface area contributed by atoms with Crippen molar-refractivity contribution in [2.45, 2.75) is 16.8 Å². The SMILES string of the molecule is O=S(=O)(NCc1ccc(CBr)cc1)c1cc(F)ccc1Cl. The van der Waals surface area contributed by atoms with E-state index in [4.69, 9.17) is 11.6 Å². The second-order valence-electron chi connectivity index (χ2n) is 4.35. The monoisotopic (exact) mass is 391 g/mol. The third-order valence-electron chi connectivity index (χ3n) is 2.83. The Morgan fingerprint density at radius 1 is 1.10 bits per heavy atom. The molecule has 0 aromatic heterocycles. The van der Waals surface area contributed by atoms with E-state index in [1.54, 1.807) is 0 Å². The first-order valence-corrected chi connectivity index (χ1v) is 8.99. The van der Waals surface area contributed by atoms with Crippen molar-refractivity contribution >= 4 is 37.6 Å². The minimum atomic E-state index is -3.86. The van der Waals surface area contributed by atoms with E-state index in [1.807, 2.05) is 24.3 Å². The molecule has 2 rings (SSSR count). The van der Waals surface area contributed by atoms with Gasteiger partial charge in [-0.2, -0.15) is 0 Å². The fraction of sp³-hybridized carbons (Fsp3) is 0.143. The molecule has 0 aliphatic heterocycles. The molecule has 0 aliphatic rings. The average molecular weight is 393 g/mol. The number of rotatable bonds is 5. The number of sulfonamides is 1. The van der Waals surface area contributed by atoms with Crippen LogP contribution in [0.2, 0.25) is 5.02 Å². The summed E-state index contributed by atoms with van der Waals surface area (Å²) in [6, 6.07) is 10.7. The third kappa shape index (κ3) is 4.26. The first-order valence-electron chi connectivity index (χ1n) is 6.01. The van der Waals surface area contributed by atoms with Gasteiger partial charge in [0.1, 0.15) is 10.7 Å². The van der Waals surface area contributed by atoms with E-state index >= 15 is 0 Å². The van der Waals surface area contributed by atoms with Crippen molar-refractivity contribution in [2.24, 2.45) is 0 Å². The van der Waals surface area contributed by atoms with Crippen LogP contribution in [0.4, 0.5) is 4.39 Å². The standard InChI is InChI=1S/C14H12BrClFNO2S/c15-8-10-1-3-11(4-2-10)9-18-21(19,20)14-7-12(17)5-6-13(14)16/h1-7,18H,8-9H2. The Labute approximate surface area is 136 Å². The van der Waals surface area contributed by atoms with E-state index in [2.05, 4.69) is 20.7 Å². The van der Waals surface area contributed by atoms with Crippen LogP contribution in [0.1, 0.15) is 11.1 Å². The van der Waals surface area contributed by atoms with Crippen LogP contribution in [0.15, 0.2) is 47.4 Å². The van der Waals surface area contributed by atoms with E-state index in [-0.39, 0.29) is 16.5 Å². The van der Waals surface area contributed by atoms with Gasteiger partial charge in [-0.15, -0.1) is 0 Å². The van der Waals surface area contributed by atoms with Crippen molar-refractivity contribution in [3.63, 3.8) is 0 Å². The topological polar surface area (TPSA) is 46.2 Å². The zero-order valence-corrected chi connectivity index (χ0v) is 14.0. The molecule has 1 N–H and O–H groups in total. The zero-order valence-electron chi connectivity index (χ0n) is 10.8. The van der Waals surface area contributed by atoms with Crippen molar-refractivity contribution in [1.29, 1.82) is 0 Å². The quantitative estimate of drug-likeness (QED) is 0.786. The minimum Gasteiger partial charge on any atom is -0.207 e. The second kappa shape index (κ2) is 6.87. The highest BCUT2D eigenvalue weighted by molar-refractivity contribution is 9.08. The van der Waals surface area contributed by atoms with Crippen molar-refractivity contribution in [2.75, 3.05) is 0 Å². The third-order valence-corrected chi connectivity index (χ3v) is 5.36. The minimum absolute atomic E-state index is 0.0152. The summed E-state index contributed by atoms with van der Waals surface area (Å²) in [6.07, 6.45) is 0. The molecule has 2 aromatic carbocycles. The van der Waals surface area contributed by atoms with Crippen LogP contribution in [0, 0.1) is 5.82 Å². The van der Waals surface area contributed by atoms with E-state index in [0.717, 1.165) is 28.6 Å². The zero-order chi connectivity index (χ0) is 15.5. The lowest BCUT2D eigenvalue weighted by Crippen LogP contribution is -2.23. The van der Waals surface area contributed by atoms with Crippen molar-refractivity contribution < 1.29 is 12.8 Å². The predicted octanol–water partition coefficient (Wildman–Crippen LogP) is 3.85. The van der Waals surface area contributed by atoms with Gasteiger partial charge in [-0.3, -0.25) is 0 Å². The molecule has 0 saturated heterocycles. The number of halogens is 3. The van der Waals surface area contributed by atoms with Crippen LogP contribution in [0.3, 0.4) is 0 Å². The Bertz CT molecular complexity index is 735. The van der Waals surface area contributed by atoms with Crippen molar-refractivity contribution in [3.8, 4) is 0 Å². The van der Waals surface area contributed by atoms with Gasteiger partial charge in [0.05, 0.1) is 5.02 Å². The van der Waals surface area contributed by atoms with Crippen LogP contribution in [-0.4, -0.2) is 8.42 Å². The van der Waals surface area contributed by atoms with Crippen molar-refractivity contribution in [1.82, 2.24) is 4.72 Å². The maximum atomic E-state index is 13.2. The summed E-state index contributed by atoms with van der Waals surface area (Å²) < 4.78 is 39.8. The fourth-order valence-electron chi connectivity index (χ4n) is 1.69. The maximum Gasteiger partial charge on any atom is 0.242 e. The lowest BCUT2D eigenvalue weighted by atomic mass is 10.2. The molecule has 0 spiro atoms. The largest absolute Gasteiger partial charge is 0.242 e. The Balaban J connectivity index is 2.15. The molecule has 0 aliphatic carbocycles. The van der Waals surface area contributed by atoms with Gasteiger partial charge in [0.15, 0.2) is 0 Å². The van der Waals surface area contributed by atoms with E-state index in [1.165, 1.54) is 6.07 Å². The number of hydrogen-bond acceptors (Lipinski definition) is 2. The molecule has 0 unspecified atom stereocenters. The van der Waals surface area contributed by atoms with Gasteiger partial charge in [0.25, 0.3) is 0 Å². The van der Waals surface area contributed by atoms with Gasteiger partial charge in [0, 0.05) is 11.9 Å². The molecular formula is C14H12BrClFNO2S. The second-order valence-corrected chi connectivity index (χ2v) is 7.05. The van der Waals surface area contributed by atoms with Crippen LogP contribution >= 0.6 is 27.5 Å². The summed E-state index contributed by atoms with van der Waals surface area (Å²) in [7, 11) is -3.86. The maximum absolute atomic E-state index is 13.2. The first-order chi connectivity index (χ1) is 9.92. The lowest BCUT2D eigenvalue weighted by molar-refractivity contribution is 0.577. The van der Waals surface area contributed by atoms with Crippen LogP contribution < -0.4 is 4.72 Å². The molecule has 0 atom stereocenters. The Morgan fingerprint density at radius 2 is 1.71 bits per heavy atom. The van der Waals surface area contributed by atoms with E-state index < -0.39 is 15.8 Å². The van der Waals surface area contributed by atoms with E-state index in [9.17, 15) is 12.8 Å². The molecule has 112 valence electrons. The average Bonchev–Trinajstić information content (AvgIpc) is 2.48. The molecule has 0 fully saturated rings. The molecular weight excluding hydrogens is 381 g/mol. The summed E-state index contributed by atoms with van der Waals surface area (Å²) in [5.74, 6) is -0.651. The molecule has 7 heteroatoms. The highest BCUT2D eigenvalue weighted by atomic mass is 79.9. The molecule has 2 aromatic rings. The fourth-order valence-corrected chi connectivity index (χ4v) is 3.59. The molecule has 3 nitrogen and oxygen atoms in total. The normalized spacial score (nSPS) is 11.6. The van der Waals surface area contributed by atoms with Gasteiger partial charge < -0.3 is 0 Å². The predicted molar refractivity (Wildman–Crippen MR) is 84.5 cm³/mol. The Kier molecular flexibility index (Phi) is 5.37. The first kappa shape index (κ1) is 16.4. The molecule has 0 radical (unpaired) electrons. The highest BCUT2D eigenvalue weighted by Crippen LogP contribution is 2.22. The summed E-state index contributed by atoms with van der Waals surface area (Å²) >= 11 is 9.15. The summed E-state index contributed by atoms with van der Waals surface area (Å²) in [5, 5.41) is 0.719. The van der Waals surface area contributed by atoms with Gasteiger partial charge in [-0.1, -0.05) is 51.8 Å². The molecule has 0 saturated carbocycles. The number of alkyl halides is 1. The highest BCUT2D eigenvalue weighted by Gasteiger charge is 2.18. The van der Waals surface area contributed by atoms with Gasteiger partial charge in [0.2, 0.25) is 10.0 Å². The van der Waals surface area contributed by atoms with E-state index in [0.29, 0.717) is 0 Å².